The van der Waals surface area contributed by atoms with Gasteiger partial charge in [0.05, 0.1) is 13.2 Å². The smallest absolute Gasteiger partial charge is 0.187 e. The van der Waals surface area contributed by atoms with E-state index < -0.39 is 61.4 Å². The van der Waals surface area contributed by atoms with E-state index in [2.05, 4.69) is 34.6 Å². The summed E-state index contributed by atoms with van der Waals surface area (Å²) in [5, 5.41) is 33.6. The van der Waals surface area contributed by atoms with Crippen LogP contribution in [0, 0.1) is 0 Å². The van der Waals surface area contributed by atoms with Gasteiger partial charge >= 0.3 is 0 Å². The first-order valence-electron chi connectivity index (χ1n) is 16.9. The molecule has 0 aliphatic carbocycles. The largest absolute Gasteiger partial charge is 0.388 e. The molecule has 11 heteroatoms. The summed E-state index contributed by atoms with van der Waals surface area (Å²) in [5.41, 5.74) is 0. The Kier molecular flexibility index (Phi) is 20.7. The maximum absolute atomic E-state index is 11.6. The Labute approximate surface area is 259 Å². The minimum absolute atomic E-state index is 0.0613. The second-order valence-electron chi connectivity index (χ2n) is 11.6. The zero-order valence-electron chi connectivity index (χ0n) is 27.4. The van der Waals surface area contributed by atoms with Gasteiger partial charge in [-0.05, 0) is 32.1 Å². The Balaban J connectivity index is 2.34. The number of hydrogen-bond donors (Lipinski definition) is 3. The van der Waals surface area contributed by atoms with E-state index in [0.717, 1.165) is 64.2 Å². The molecule has 4 unspecified atom stereocenters. The predicted octanol–water partition coefficient (Wildman–Crippen LogP) is 3.72. The van der Waals surface area contributed by atoms with Gasteiger partial charge in [0.2, 0.25) is 0 Å². The quantitative estimate of drug-likeness (QED) is 0.153. The van der Waals surface area contributed by atoms with Crippen LogP contribution in [0.2, 0.25) is 0 Å². The highest BCUT2D eigenvalue weighted by Crippen LogP contribution is 2.30. The summed E-state index contributed by atoms with van der Waals surface area (Å²) in [5.74, 6) is 0. The van der Waals surface area contributed by atoms with Crippen LogP contribution in [0.5, 0.6) is 0 Å². The van der Waals surface area contributed by atoms with Crippen LogP contribution in [0.25, 0.3) is 0 Å². The summed E-state index contributed by atoms with van der Waals surface area (Å²) in [4.78, 5) is 0. The Morgan fingerprint density at radius 2 is 0.953 bits per heavy atom. The molecule has 10 atom stereocenters. The van der Waals surface area contributed by atoms with Crippen LogP contribution < -0.4 is 0 Å². The van der Waals surface area contributed by atoms with Crippen LogP contribution in [-0.4, -0.2) is 123 Å². The standard InChI is InChI=1S/C32H62O11/c1-6-11-16-36-26-23(33)21-42-32(30(40-20-15-10-5)28(26)38-18-13-8-3)43-24-22-41-31(35)29(39-19-14-9-4)27(25(24)34)37-17-12-7-2/h23-35H,6-22H2,1-5H3/t23-,24-,25-,26-,27?,28?,29?,30?,31+,32-/m1/s1. The van der Waals surface area contributed by atoms with E-state index in [4.69, 9.17) is 37.9 Å². The number of aliphatic hydroxyl groups excluding tert-OH is 3. The lowest BCUT2D eigenvalue weighted by Crippen LogP contribution is -2.54. The van der Waals surface area contributed by atoms with E-state index in [1.807, 2.05) is 0 Å². The number of ether oxygens (including phenoxy) is 8. The van der Waals surface area contributed by atoms with Crippen LogP contribution >= 0.6 is 0 Å². The molecule has 2 aliphatic rings. The van der Waals surface area contributed by atoms with Gasteiger partial charge < -0.3 is 53.2 Å². The van der Waals surface area contributed by atoms with Crippen LogP contribution in [0.4, 0.5) is 0 Å². The van der Waals surface area contributed by atoms with Crippen molar-refractivity contribution in [1.29, 1.82) is 0 Å². The molecule has 0 aromatic carbocycles. The molecule has 2 heterocycles. The number of hydrogen-bond acceptors (Lipinski definition) is 11. The zero-order valence-corrected chi connectivity index (χ0v) is 27.4. The van der Waals surface area contributed by atoms with Crippen molar-refractivity contribution >= 4 is 0 Å². The average molecular weight is 623 g/mol. The summed E-state index contributed by atoms with van der Waals surface area (Å²) >= 11 is 0. The maximum Gasteiger partial charge on any atom is 0.187 e. The summed E-state index contributed by atoms with van der Waals surface area (Å²) < 4.78 is 49.3. The van der Waals surface area contributed by atoms with Crippen molar-refractivity contribution in [3.8, 4) is 0 Å². The first-order valence-corrected chi connectivity index (χ1v) is 16.9. The van der Waals surface area contributed by atoms with Crippen LogP contribution in [0.1, 0.15) is 98.8 Å². The van der Waals surface area contributed by atoms with Gasteiger partial charge in [0, 0.05) is 33.0 Å². The predicted molar refractivity (Wildman–Crippen MR) is 162 cm³/mol. The van der Waals surface area contributed by atoms with Crippen molar-refractivity contribution in [2.75, 3.05) is 46.2 Å². The van der Waals surface area contributed by atoms with Crippen molar-refractivity contribution in [2.24, 2.45) is 0 Å². The Bertz CT molecular complexity index is 671. The third-order valence-corrected chi connectivity index (χ3v) is 7.83. The molecule has 0 spiro atoms. The lowest BCUT2D eigenvalue weighted by molar-refractivity contribution is -0.268. The third-order valence-electron chi connectivity index (χ3n) is 7.83. The van der Waals surface area contributed by atoms with Gasteiger partial charge in [-0.1, -0.05) is 66.7 Å². The van der Waals surface area contributed by atoms with E-state index in [0.29, 0.717) is 33.0 Å². The van der Waals surface area contributed by atoms with Crippen molar-refractivity contribution < 1.29 is 53.2 Å². The second kappa shape index (κ2) is 23.0. The third kappa shape index (κ3) is 13.1. The molecule has 43 heavy (non-hydrogen) atoms. The van der Waals surface area contributed by atoms with Crippen molar-refractivity contribution in [1.82, 2.24) is 0 Å². The molecule has 2 saturated heterocycles. The highest BCUT2D eigenvalue weighted by atomic mass is 16.7. The fraction of sp³-hybridized carbons (Fsp3) is 1.00. The van der Waals surface area contributed by atoms with Crippen LogP contribution in [0.15, 0.2) is 0 Å². The van der Waals surface area contributed by atoms with Gasteiger partial charge in [-0.2, -0.15) is 0 Å². The SMILES string of the molecule is CCCCOC1C(OCCCC)[C@H](OCCCC)[C@H](O)CO[C@@H]1O[C@@H]1CO[C@H](O)C(OCCCC)C(OCCCC)[C@@H]1O. The van der Waals surface area contributed by atoms with E-state index in [1.54, 1.807) is 0 Å². The summed E-state index contributed by atoms with van der Waals surface area (Å²) in [6, 6.07) is 0. The molecule has 0 radical (unpaired) electrons. The van der Waals surface area contributed by atoms with Crippen LogP contribution in [-0.2, 0) is 37.9 Å². The second-order valence-corrected chi connectivity index (χ2v) is 11.6. The number of rotatable bonds is 22. The van der Waals surface area contributed by atoms with E-state index >= 15 is 0 Å². The highest BCUT2D eigenvalue weighted by Gasteiger charge is 2.49. The molecular formula is C32H62O11. The van der Waals surface area contributed by atoms with Gasteiger partial charge in [0.15, 0.2) is 12.6 Å². The topological polar surface area (TPSA) is 135 Å². The maximum atomic E-state index is 11.6. The van der Waals surface area contributed by atoms with E-state index in [1.165, 1.54) is 0 Å². The summed E-state index contributed by atoms with van der Waals surface area (Å²) in [6.45, 7) is 12.4. The molecule has 0 bridgehead atoms. The normalized spacial score (nSPS) is 33.8. The molecule has 2 rings (SSSR count). The van der Waals surface area contributed by atoms with Gasteiger partial charge in [0.1, 0.15) is 48.8 Å². The highest BCUT2D eigenvalue weighted by molar-refractivity contribution is 4.93. The minimum atomic E-state index is -1.30. The summed E-state index contributed by atoms with van der Waals surface area (Å²) in [6.07, 6.45) is -0.486. The minimum Gasteiger partial charge on any atom is -0.388 e. The number of unbranched alkanes of at least 4 members (excludes halogenated alkanes) is 5. The zero-order chi connectivity index (χ0) is 31.5. The molecule has 2 fully saturated rings. The molecule has 11 nitrogen and oxygen atoms in total. The molecule has 0 aromatic rings. The molecule has 0 amide bonds. The lowest BCUT2D eigenvalue weighted by Gasteiger charge is -2.37. The molecule has 256 valence electrons. The van der Waals surface area contributed by atoms with Gasteiger partial charge in [0.25, 0.3) is 0 Å². The van der Waals surface area contributed by atoms with Crippen LogP contribution in [0.3, 0.4) is 0 Å². The molecule has 0 saturated carbocycles. The fourth-order valence-electron chi connectivity index (χ4n) is 5.07. The Hall–Kier alpha value is -0.440. The average Bonchev–Trinajstić information content (AvgIpc) is 3.19. The van der Waals surface area contributed by atoms with Crippen molar-refractivity contribution in [3.63, 3.8) is 0 Å². The number of aliphatic hydroxyl groups is 3. The lowest BCUT2D eigenvalue weighted by atomic mass is 10.0. The Morgan fingerprint density at radius 3 is 1.47 bits per heavy atom. The monoisotopic (exact) mass is 622 g/mol. The van der Waals surface area contributed by atoms with Crippen molar-refractivity contribution in [2.45, 2.75) is 160 Å². The summed E-state index contributed by atoms with van der Waals surface area (Å²) in [7, 11) is 0. The van der Waals surface area contributed by atoms with E-state index in [9.17, 15) is 15.3 Å². The van der Waals surface area contributed by atoms with Gasteiger partial charge in [-0.3, -0.25) is 0 Å². The fourth-order valence-corrected chi connectivity index (χ4v) is 5.07. The first kappa shape index (κ1) is 38.7. The Morgan fingerprint density at radius 1 is 0.512 bits per heavy atom. The molecule has 3 N–H and O–H groups in total. The first-order chi connectivity index (χ1) is 20.9. The molecule has 0 aromatic heterocycles. The van der Waals surface area contributed by atoms with E-state index in [-0.39, 0.29) is 13.2 Å². The molecular weight excluding hydrogens is 560 g/mol. The van der Waals surface area contributed by atoms with Crippen molar-refractivity contribution in [3.05, 3.63) is 0 Å². The van der Waals surface area contributed by atoms with Gasteiger partial charge in [-0.15, -0.1) is 0 Å². The molecule has 2 aliphatic heterocycles. The van der Waals surface area contributed by atoms with Gasteiger partial charge in [-0.25, -0.2) is 0 Å².